The van der Waals surface area contributed by atoms with Gasteiger partial charge in [0.1, 0.15) is 58.5 Å². The van der Waals surface area contributed by atoms with Gasteiger partial charge in [-0.05, 0) is 80.4 Å². The van der Waals surface area contributed by atoms with Crippen LogP contribution in [0.4, 0.5) is 22.7 Å². The maximum absolute atomic E-state index is 10.0. The number of azo groups is 2. The first-order valence-corrected chi connectivity index (χ1v) is 11.8. The van der Waals surface area contributed by atoms with Crippen LogP contribution < -0.4 is 9.47 Å². The van der Waals surface area contributed by atoms with Crippen molar-refractivity contribution in [3.63, 3.8) is 0 Å². The number of rotatable bonds is 9. The van der Waals surface area contributed by atoms with E-state index in [2.05, 4.69) is 20.5 Å². The molecule has 188 valence electrons. The molecule has 0 aliphatic rings. The van der Waals surface area contributed by atoms with Crippen LogP contribution in [0.2, 0.25) is 0 Å². The highest BCUT2D eigenvalue weighted by Crippen LogP contribution is 2.34. The van der Waals surface area contributed by atoms with Gasteiger partial charge in [-0.1, -0.05) is 36.4 Å². The average Bonchev–Trinajstić information content (AvgIpc) is 2.89. The second-order valence-electron chi connectivity index (χ2n) is 8.56. The summed E-state index contributed by atoms with van der Waals surface area (Å²) in [4.78, 5) is 0. The predicted octanol–water partition coefficient (Wildman–Crippen LogP) is 8.39. The fraction of sp³-hybridized carbons (Fsp3) is 0.172. The minimum absolute atomic E-state index is 0.0583. The number of phenolic OH excluding ortho intramolecular Hbond substituents is 2. The summed E-state index contributed by atoms with van der Waals surface area (Å²) >= 11 is 0. The molecule has 4 aromatic carbocycles. The van der Waals surface area contributed by atoms with Crippen molar-refractivity contribution in [3.8, 4) is 23.0 Å². The summed E-state index contributed by atoms with van der Waals surface area (Å²) in [6.45, 7) is 5.97. The molecule has 37 heavy (non-hydrogen) atoms. The van der Waals surface area contributed by atoms with Gasteiger partial charge in [0.15, 0.2) is 0 Å². The van der Waals surface area contributed by atoms with E-state index in [0.717, 1.165) is 11.1 Å². The summed E-state index contributed by atoms with van der Waals surface area (Å²) in [5.74, 6) is 1.19. The van der Waals surface area contributed by atoms with Gasteiger partial charge < -0.3 is 19.7 Å². The quantitative estimate of drug-likeness (QED) is 0.227. The maximum Gasteiger partial charge on any atom is 0.147 e. The number of para-hydroxylation sites is 2. The molecule has 0 bridgehead atoms. The molecule has 2 N–H and O–H groups in total. The second-order valence-corrected chi connectivity index (χ2v) is 8.56. The smallest absolute Gasteiger partial charge is 0.147 e. The predicted molar refractivity (Wildman–Crippen MR) is 143 cm³/mol. The van der Waals surface area contributed by atoms with Crippen LogP contribution in [0.3, 0.4) is 0 Å². The normalized spacial score (nSPS) is 12.2. The van der Waals surface area contributed by atoms with Crippen LogP contribution >= 0.6 is 0 Å². The molecular weight excluding hydrogens is 468 g/mol. The van der Waals surface area contributed by atoms with Gasteiger partial charge >= 0.3 is 0 Å². The molecule has 4 rings (SSSR count). The highest BCUT2D eigenvalue weighted by molar-refractivity contribution is 5.56. The molecule has 0 aromatic heterocycles. The third kappa shape index (κ3) is 6.91. The van der Waals surface area contributed by atoms with E-state index in [4.69, 9.17) is 9.47 Å². The Balaban J connectivity index is 1.43. The Labute approximate surface area is 215 Å². The number of ether oxygens (including phenoxy) is 2. The lowest BCUT2D eigenvalue weighted by molar-refractivity contribution is 0.144. The Morgan fingerprint density at radius 2 is 1.08 bits per heavy atom. The number of hydrogen-bond acceptors (Lipinski definition) is 8. The van der Waals surface area contributed by atoms with Crippen molar-refractivity contribution in [3.05, 3.63) is 96.1 Å². The Hall–Kier alpha value is -4.72. The first-order chi connectivity index (χ1) is 17.9. The number of aromatic hydroxyl groups is 2. The van der Waals surface area contributed by atoms with E-state index in [1.165, 1.54) is 0 Å². The summed E-state index contributed by atoms with van der Waals surface area (Å²) in [6.07, 6.45) is -0.325. The molecule has 0 saturated carbocycles. The summed E-state index contributed by atoms with van der Waals surface area (Å²) in [5, 5.41) is 37.0. The first-order valence-electron chi connectivity index (χ1n) is 11.8. The van der Waals surface area contributed by atoms with Crippen LogP contribution in [0.25, 0.3) is 0 Å². The van der Waals surface area contributed by atoms with E-state index in [0.29, 0.717) is 34.2 Å². The number of hydrogen-bond donors (Lipinski definition) is 2. The molecule has 0 saturated heterocycles. The molecular formula is C29H28N4O4. The van der Waals surface area contributed by atoms with Gasteiger partial charge in [0.05, 0.1) is 0 Å². The fourth-order valence-corrected chi connectivity index (χ4v) is 3.40. The van der Waals surface area contributed by atoms with E-state index in [9.17, 15) is 10.2 Å². The second kappa shape index (κ2) is 11.8. The number of benzene rings is 4. The topological polar surface area (TPSA) is 108 Å². The Morgan fingerprint density at radius 1 is 0.622 bits per heavy atom. The van der Waals surface area contributed by atoms with Crippen LogP contribution in [0.15, 0.2) is 105 Å². The van der Waals surface area contributed by atoms with Crippen molar-refractivity contribution in [2.45, 2.75) is 26.9 Å². The van der Waals surface area contributed by atoms with Gasteiger partial charge in [0, 0.05) is 0 Å². The van der Waals surface area contributed by atoms with Crippen molar-refractivity contribution in [2.24, 2.45) is 20.5 Å². The van der Waals surface area contributed by atoms with Crippen LogP contribution in [0.1, 0.15) is 18.1 Å². The van der Waals surface area contributed by atoms with Gasteiger partial charge in [-0.3, -0.25) is 0 Å². The van der Waals surface area contributed by atoms with E-state index in [1.54, 1.807) is 60.7 Å². The zero-order valence-corrected chi connectivity index (χ0v) is 20.9. The minimum Gasteiger partial charge on any atom is -0.506 e. The lowest BCUT2D eigenvalue weighted by atomic mass is 10.2. The summed E-state index contributed by atoms with van der Waals surface area (Å²) in [7, 11) is 0. The molecule has 0 heterocycles. The molecule has 0 radical (unpaired) electrons. The highest BCUT2D eigenvalue weighted by atomic mass is 16.5. The van der Waals surface area contributed by atoms with Crippen molar-refractivity contribution in [2.75, 3.05) is 6.61 Å². The summed E-state index contributed by atoms with van der Waals surface area (Å²) in [6, 6.07) is 24.9. The van der Waals surface area contributed by atoms with E-state index in [-0.39, 0.29) is 24.2 Å². The van der Waals surface area contributed by atoms with Gasteiger partial charge in [-0.25, -0.2) is 0 Å². The maximum atomic E-state index is 10.0. The minimum atomic E-state index is -0.325. The molecule has 0 spiro atoms. The van der Waals surface area contributed by atoms with Crippen molar-refractivity contribution in [1.29, 1.82) is 0 Å². The Morgan fingerprint density at radius 3 is 1.65 bits per heavy atom. The standard InChI is InChI=1S/C29H28N4O4/c1-19-12-14-26(34)24(16-19)32-30-22-8-4-6-10-28(22)36-18-21(3)37-29-11-7-5-9-23(29)31-33-25-17-20(2)13-15-27(25)35/h4-17,21,34-35H,18H2,1-3H3. The van der Waals surface area contributed by atoms with Gasteiger partial charge in [0.25, 0.3) is 0 Å². The van der Waals surface area contributed by atoms with Gasteiger partial charge in [-0.15, -0.1) is 20.5 Å². The molecule has 8 nitrogen and oxygen atoms in total. The zero-order valence-electron chi connectivity index (χ0n) is 20.9. The number of phenols is 2. The first kappa shape index (κ1) is 25.4. The Bertz CT molecular complexity index is 1440. The molecule has 0 aliphatic carbocycles. The van der Waals surface area contributed by atoms with Crippen LogP contribution in [0, 0.1) is 13.8 Å². The van der Waals surface area contributed by atoms with Crippen LogP contribution in [-0.2, 0) is 0 Å². The SMILES string of the molecule is Cc1ccc(O)c(N=Nc2ccccc2OCC(C)Oc2ccccc2N=Nc2cc(C)ccc2O)c1. The van der Waals surface area contributed by atoms with Crippen LogP contribution in [-0.4, -0.2) is 22.9 Å². The van der Waals surface area contributed by atoms with E-state index >= 15 is 0 Å². The summed E-state index contributed by atoms with van der Waals surface area (Å²) < 4.78 is 12.1. The van der Waals surface area contributed by atoms with Gasteiger partial charge in [0.2, 0.25) is 0 Å². The molecule has 8 heteroatoms. The molecule has 0 fully saturated rings. The van der Waals surface area contributed by atoms with E-state index < -0.39 is 0 Å². The van der Waals surface area contributed by atoms with Gasteiger partial charge in [-0.2, -0.15) is 0 Å². The molecule has 0 aliphatic heterocycles. The molecule has 0 amide bonds. The average molecular weight is 497 g/mol. The third-order valence-corrected chi connectivity index (χ3v) is 5.32. The largest absolute Gasteiger partial charge is 0.506 e. The zero-order chi connectivity index (χ0) is 26.2. The monoisotopic (exact) mass is 496 g/mol. The van der Waals surface area contributed by atoms with Crippen molar-refractivity contribution in [1.82, 2.24) is 0 Å². The molecule has 4 aromatic rings. The van der Waals surface area contributed by atoms with Crippen molar-refractivity contribution >= 4 is 22.7 Å². The Kier molecular flexibility index (Phi) is 8.10. The van der Waals surface area contributed by atoms with Crippen LogP contribution in [0.5, 0.6) is 23.0 Å². The van der Waals surface area contributed by atoms with E-state index in [1.807, 2.05) is 45.0 Å². The lowest BCUT2D eigenvalue weighted by Crippen LogP contribution is -2.21. The number of aryl methyl sites for hydroxylation is 2. The highest BCUT2D eigenvalue weighted by Gasteiger charge is 2.11. The summed E-state index contributed by atoms with van der Waals surface area (Å²) in [5.41, 5.74) is 3.77. The molecule has 1 atom stereocenters. The number of nitrogens with zero attached hydrogens (tertiary/aromatic N) is 4. The molecule has 1 unspecified atom stereocenters. The lowest BCUT2D eigenvalue weighted by Gasteiger charge is -2.17. The third-order valence-electron chi connectivity index (χ3n) is 5.32. The fourth-order valence-electron chi connectivity index (χ4n) is 3.40. The van der Waals surface area contributed by atoms with Crippen molar-refractivity contribution < 1.29 is 19.7 Å².